The standard InChI is InChI=1S/C36H71NO3/c1-3-5-7-9-11-13-15-16-17-18-19-20-21-22-23-25-27-29-31-35(39)34(33-38)37-36(40)32-30-28-26-24-14-12-10-8-6-4-2/h8,10,34-35,38-39H,3-7,9,11-33H2,1-2H3,(H,37,40)/b10-8-. The van der Waals surface area contributed by atoms with Gasteiger partial charge in [-0.1, -0.05) is 167 Å². The second-order valence-corrected chi connectivity index (χ2v) is 12.3. The molecule has 0 heterocycles. The van der Waals surface area contributed by atoms with E-state index in [1.807, 2.05) is 0 Å². The molecular formula is C36H71NO3. The average molecular weight is 566 g/mol. The Morgan fingerprint density at radius 2 is 1.00 bits per heavy atom. The van der Waals surface area contributed by atoms with Crippen LogP contribution in [-0.2, 0) is 4.79 Å². The molecule has 0 saturated carbocycles. The second kappa shape index (κ2) is 32.6. The Morgan fingerprint density at radius 3 is 1.48 bits per heavy atom. The summed E-state index contributed by atoms with van der Waals surface area (Å²) in [4.78, 5) is 12.3. The molecule has 0 spiro atoms. The van der Waals surface area contributed by atoms with Crippen molar-refractivity contribution in [2.45, 2.75) is 206 Å². The number of hydrogen-bond donors (Lipinski definition) is 3. The molecule has 4 nitrogen and oxygen atoms in total. The quantitative estimate of drug-likeness (QED) is 0.0561. The van der Waals surface area contributed by atoms with Crippen molar-refractivity contribution in [1.29, 1.82) is 0 Å². The highest BCUT2D eigenvalue weighted by Crippen LogP contribution is 2.15. The molecule has 2 atom stereocenters. The number of amides is 1. The lowest BCUT2D eigenvalue weighted by Gasteiger charge is -2.22. The summed E-state index contributed by atoms with van der Waals surface area (Å²) < 4.78 is 0. The molecule has 2 unspecified atom stereocenters. The molecule has 0 aliphatic carbocycles. The minimum absolute atomic E-state index is 0.0431. The number of aliphatic hydroxyl groups is 2. The maximum absolute atomic E-state index is 12.3. The predicted octanol–water partition coefficient (Wildman–Crippen LogP) is 10.3. The number of hydrogen-bond acceptors (Lipinski definition) is 3. The van der Waals surface area contributed by atoms with Gasteiger partial charge in [0.15, 0.2) is 0 Å². The highest BCUT2D eigenvalue weighted by molar-refractivity contribution is 5.76. The predicted molar refractivity (Wildman–Crippen MR) is 175 cm³/mol. The summed E-state index contributed by atoms with van der Waals surface area (Å²) in [7, 11) is 0. The lowest BCUT2D eigenvalue weighted by molar-refractivity contribution is -0.123. The minimum Gasteiger partial charge on any atom is -0.394 e. The van der Waals surface area contributed by atoms with Gasteiger partial charge in [0.1, 0.15) is 0 Å². The Bertz CT molecular complexity index is 536. The number of allylic oxidation sites excluding steroid dienone is 2. The summed E-state index contributed by atoms with van der Waals surface area (Å²) in [5.74, 6) is -0.0431. The third-order valence-electron chi connectivity index (χ3n) is 8.26. The van der Waals surface area contributed by atoms with Crippen LogP contribution in [0.2, 0.25) is 0 Å². The van der Waals surface area contributed by atoms with E-state index in [9.17, 15) is 15.0 Å². The molecule has 0 rings (SSSR count). The van der Waals surface area contributed by atoms with Gasteiger partial charge < -0.3 is 15.5 Å². The molecule has 0 saturated heterocycles. The van der Waals surface area contributed by atoms with Crippen LogP contribution in [0.4, 0.5) is 0 Å². The monoisotopic (exact) mass is 566 g/mol. The van der Waals surface area contributed by atoms with Crippen molar-refractivity contribution in [3.05, 3.63) is 12.2 Å². The van der Waals surface area contributed by atoms with E-state index in [4.69, 9.17) is 0 Å². The molecule has 40 heavy (non-hydrogen) atoms. The van der Waals surface area contributed by atoms with Crippen molar-refractivity contribution < 1.29 is 15.0 Å². The fraction of sp³-hybridized carbons (Fsp3) is 0.917. The van der Waals surface area contributed by atoms with Crippen LogP contribution >= 0.6 is 0 Å². The van der Waals surface area contributed by atoms with E-state index < -0.39 is 12.1 Å². The number of rotatable bonds is 32. The van der Waals surface area contributed by atoms with Gasteiger partial charge in [-0.2, -0.15) is 0 Å². The Balaban J connectivity index is 3.52. The van der Waals surface area contributed by atoms with Crippen molar-refractivity contribution in [1.82, 2.24) is 5.32 Å². The van der Waals surface area contributed by atoms with E-state index in [2.05, 4.69) is 31.3 Å². The van der Waals surface area contributed by atoms with Gasteiger partial charge in [0, 0.05) is 6.42 Å². The molecule has 1 amide bonds. The fourth-order valence-corrected chi connectivity index (χ4v) is 5.48. The van der Waals surface area contributed by atoms with Crippen molar-refractivity contribution in [3.63, 3.8) is 0 Å². The van der Waals surface area contributed by atoms with Crippen molar-refractivity contribution >= 4 is 5.91 Å². The second-order valence-electron chi connectivity index (χ2n) is 12.3. The summed E-state index contributed by atoms with van der Waals surface area (Å²) in [5, 5.41) is 23.0. The van der Waals surface area contributed by atoms with E-state index in [1.54, 1.807) is 0 Å². The molecule has 0 aromatic carbocycles. The van der Waals surface area contributed by atoms with Crippen molar-refractivity contribution in [2.24, 2.45) is 0 Å². The van der Waals surface area contributed by atoms with Crippen molar-refractivity contribution in [2.75, 3.05) is 6.61 Å². The summed E-state index contributed by atoms with van der Waals surface area (Å²) in [6.45, 7) is 4.29. The van der Waals surface area contributed by atoms with Gasteiger partial charge in [-0.15, -0.1) is 0 Å². The van der Waals surface area contributed by atoms with Crippen molar-refractivity contribution in [3.8, 4) is 0 Å². The molecule has 0 aliphatic rings. The lowest BCUT2D eigenvalue weighted by Crippen LogP contribution is -2.45. The van der Waals surface area contributed by atoms with Crippen LogP contribution in [0.5, 0.6) is 0 Å². The van der Waals surface area contributed by atoms with Gasteiger partial charge in [-0.05, 0) is 32.1 Å². The van der Waals surface area contributed by atoms with Gasteiger partial charge in [-0.25, -0.2) is 0 Å². The fourth-order valence-electron chi connectivity index (χ4n) is 5.48. The van der Waals surface area contributed by atoms with Gasteiger partial charge >= 0.3 is 0 Å². The third kappa shape index (κ3) is 28.7. The van der Waals surface area contributed by atoms with E-state index in [1.165, 1.54) is 135 Å². The largest absolute Gasteiger partial charge is 0.394 e. The van der Waals surface area contributed by atoms with Crippen LogP contribution in [-0.4, -0.2) is 34.9 Å². The zero-order valence-corrected chi connectivity index (χ0v) is 27.1. The third-order valence-corrected chi connectivity index (χ3v) is 8.26. The molecule has 0 aliphatic heterocycles. The zero-order valence-electron chi connectivity index (χ0n) is 27.1. The Kier molecular flexibility index (Phi) is 31.9. The summed E-state index contributed by atoms with van der Waals surface area (Å²) >= 11 is 0. The molecule has 238 valence electrons. The van der Waals surface area contributed by atoms with E-state index >= 15 is 0 Å². The lowest BCUT2D eigenvalue weighted by atomic mass is 10.0. The molecule has 0 radical (unpaired) electrons. The number of unbranched alkanes of at least 4 members (excludes halogenated alkanes) is 23. The van der Waals surface area contributed by atoms with Crippen LogP contribution in [0.3, 0.4) is 0 Å². The van der Waals surface area contributed by atoms with Gasteiger partial charge in [0.05, 0.1) is 18.8 Å². The topological polar surface area (TPSA) is 69.6 Å². The molecule has 3 N–H and O–H groups in total. The summed E-state index contributed by atoms with van der Waals surface area (Å²) in [5.41, 5.74) is 0. The molecule has 0 aromatic heterocycles. The summed E-state index contributed by atoms with van der Waals surface area (Å²) in [6, 6.07) is -0.534. The first-order valence-corrected chi connectivity index (χ1v) is 17.9. The summed E-state index contributed by atoms with van der Waals surface area (Å²) in [6.07, 6.45) is 38.4. The Labute approximate surface area is 250 Å². The van der Waals surface area contributed by atoms with Crippen LogP contribution in [0.1, 0.15) is 194 Å². The smallest absolute Gasteiger partial charge is 0.220 e. The molecule has 0 fully saturated rings. The highest BCUT2D eigenvalue weighted by atomic mass is 16.3. The van der Waals surface area contributed by atoms with E-state index in [0.29, 0.717) is 12.8 Å². The Morgan fingerprint density at radius 1 is 0.575 bits per heavy atom. The molecule has 0 bridgehead atoms. The first kappa shape index (κ1) is 39.1. The van der Waals surface area contributed by atoms with Crippen LogP contribution in [0, 0.1) is 0 Å². The first-order chi connectivity index (χ1) is 19.7. The maximum atomic E-state index is 12.3. The maximum Gasteiger partial charge on any atom is 0.220 e. The SMILES string of the molecule is CCC/C=C\CCCCCCCC(=O)NC(CO)C(O)CCCCCCCCCCCCCCCCCCCC. The molecule has 4 heteroatoms. The number of carbonyl (C=O) groups is 1. The van der Waals surface area contributed by atoms with Gasteiger partial charge in [0.25, 0.3) is 0 Å². The highest BCUT2D eigenvalue weighted by Gasteiger charge is 2.19. The first-order valence-electron chi connectivity index (χ1n) is 17.9. The average Bonchev–Trinajstić information content (AvgIpc) is 2.96. The van der Waals surface area contributed by atoms with Crippen LogP contribution in [0.15, 0.2) is 12.2 Å². The van der Waals surface area contributed by atoms with Crippen LogP contribution in [0.25, 0.3) is 0 Å². The van der Waals surface area contributed by atoms with Gasteiger partial charge in [0.2, 0.25) is 5.91 Å². The Hall–Kier alpha value is -0.870. The number of carbonyl (C=O) groups excluding carboxylic acids is 1. The van der Waals surface area contributed by atoms with Gasteiger partial charge in [-0.3, -0.25) is 4.79 Å². The molecule has 0 aromatic rings. The number of nitrogens with one attached hydrogen (secondary N) is 1. The zero-order chi connectivity index (χ0) is 29.4. The minimum atomic E-state index is -0.657. The molecular weight excluding hydrogens is 494 g/mol. The number of aliphatic hydroxyl groups excluding tert-OH is 2. The van der Waals surface area contributed by atoms with Crippen LogP contribution < -0.4 is 5.32 Å². The van der Waals surface area contributed by atoms with E-state index in [-0.39, 0.29) is 12.5 Å². The van der Waals surface area contributed by atoms with E-state index in [0.717, 1.165) is 32.1 Å². The normalized spacial score (nSPS) is 13.2.